The van der Waals surface area contributed by atoms with Crippen molar-refractivity contribution in [2.75, 3.05) is 38.3 Å². The summed E-state index contributed by atoms with van der Waals surface area (Å²) in [6.45, 7) is 9.24. The van der Waals surface area contributed by atoms with Crippen molar-refractivity contribution in [1.82, 2.24) is 9.80 Å². The van der Waals surface area contributed by atoms with Crippen LogP contribution in [0.5, 0.6) is 5.75 Å². The molecule has 5 rings (SSSR count). The first-order chi connectivity index (χ1) is 21.9. The SMILES string of the molecule is C=CCN(Cc1ccccc1)C(=O)[C@@H]1[C@H]2C(=O)N(CCCCCCO)C(C(=O)N(CC=C)c3ccc(OC)cc3)C23CC[C@H]1O3. The van der Waals surface area contributed by atoms with Gasteiger partial charge in [-0.15, -0.1) is 13.2 Å². The van der Waals surface area contributed by atoms with E-state index in [1.807, 2.05) is 42.5 Å². The van der Waals surface area contributed by atoms with Crippen LogP contribution < -0.4 is 9.64 Å². The molecule has 2 aromatic rings. The monoisotopic (exact) mass is 615 g/mol. The molecule has 2 bridgehead atoms. The molecule has 5 atom stereocenters. The van der Waals surface area contributed by atoms with Crippen LogP contribution in [0, 0.1) is 11.8 Å². The lowest BCUT2D eigenvalue weighted by atomic mass is 9.70. The Morgan fingerprint density at radius 1 is 1.02 bits per heavy atom. The molecule has 240 valence electrons. The fraction of sp³-hybridized carbons (Fsp3) is 0.472. The van der Waals surface area contributed by atoms with Crippen molar-refractivity contribution in [3.05, 3.63) is 85.5 Å². The zero-order valence-corrected chi connectivity index (χ0v) is 26.2. The summed E-state index contributed by atoms with van der Waals surface area (Å²) in [6.07, 6.45) is 7.08. The van der Waals surface area contributed by atoms with Crippen LogP contribution in [0.15, 0.2) is 79.9 Å². The number of likely N-dealkylation sites (tertiary alicyclic amines) is 1. The molecule has 1 spiro atoms. The van der Waals surface area contributed by atoms with Crippen LogP contribution in [-0.4, -0.2) is 83.7 Å². The first-order valence-corrected chi connectivity index (χ1v) is 16.0. The van der Waals surface area contributed by atoms with Gasteiger partial charge in [-0.2, -0.15) is 0 Å². The molecule has 2 unspecified atom stereocenters. The van der Waals surface area contributed by atoms with E-state index in [0.29, 0.717) is 56.8 Å². The zero-order valence-electron chi connectivity index (χ0n) is 26.2. The highest BCUT2D eigenvalue weighted by Crippen LogP contribution is 2.59. The van der Waals surface area contributed by atoms with Gasteiger partial charge in [-0.05, 0) is 55.5 Å². The van der Waals surface area contributed by atoms with Gasteiger partial charge in [0.15, 0.2) is 0 Å². The number of aliphatic hydroxyl groups is 1. The zero-order chi connectivity index (χ0) is 32.0. The van der Waals surface area contributed by atoms with Crippen molar-refractivity contribution in [3.8, 4) is 5.75 Å². The third-order valence-corrected chi connectivity index (χ3v) is 9.47. The van der Waals surface area contributed by atoms with Gasteiger partial charge in [0.1, 0.15) is 17.4 Å². The van der Waals surface area contributed by atoms with E-state index in [-0.39, 0.29) is 30.9 Å². The highest BCUT2D eigenvalue weighted by atomic mass is 16.5. The van der Waals surface area contributed by atoms with E-state index in [1.165, 1.54) is 0 Å². The predicted octanol–water partition coefficient (Wildman–Crippen LogP) is 4.36. The minimum atomic E-state index is -1.09. The van der Waals surface area contributed by atoms with Crippen LogP contribution in [-0.2, 0) is 25.7 Å². The molecular formula is C36H45N3O6. The van der Waals surface area contributed by atoms with Crippen molar-refractivity contribution >= 4 is 23.4 Å². The smallest absolute Gasteiger partial charge is 0.253 e. The molecule has 3 aliphatic rings. The Kier molecular flexibility index (Phi) is 10.4. The molecule has 1 N–H and O–H groups in total. The third kappa shape index (κ3) is 6.29. The van der Waals surface area contributed by atoms with Crippen LogP contribution in [0.2, 0.25) is 0 Å². The second kappa shape index (κ2) is 14.4. The summed E-state index contributed by atoms with van der Waals surface area (Å²) in [6, 6.07) is 16.1. The molecule has 3 saturated heterocycles. The minimum absolute atomic E-state index is 0.122. The van der Waals surface area contributed by atoms with Crippen molar-refractivity contribution < 1.29 is 29.0 Å². The average Bonchev–Trinajstić information content (AvgIpc) is 3.70. The first kappa shape index (κ1) is 32.4. The van der Waals surface area contributed by atoms with E-state index in [4.69, 9.17) is 9.47 Å². The molecule has 9 heteroatoms. The molecule has 3 aliphatic heterocycles. The van der Waals surface area contributed by atoms with Gasteiger partial charge in [-0.25, -0.2) is 0 Å². The van der Waals surface area contributed by atoms with E-state index in [2.05, 4.69) is 13.2 Å². The fourth-order valence-electron chi connectivity index (χ4n) is 7.47. The number of ether oxygens (including phenoxy) is 2. The Morgan fingerprint density at radius 2 is 1.73 bits per heavy atom. The summed E-state index contributed by atoms with van der Waals surface area (Å²) in [4.78, 5) is 48.6. The number of rotatable bonds is 16. The molecule has 3 fully saturated rings. The van der Waals surface area contributed by atoms with Crippen molar-refractivity contribution in [3.63, 3.8) is 0 Å². The van der Waals surface area contributed by atoms with Gasteiger partial charge < -0.3 is 29.3 Å². The molecule has 0 radical (unpaired) electrons. The standard InChI is InChI=1S/C36H45N3O6/c1-4-21-37(25-26-13-9-8-10-14-26)33(41)30-29-19-20-36(45-29)31(30)34(42)39(23-11-6-7-12-24-40)32(36)35(43)38(22-5-2)27-15-17-28(44-3)18-16-27/h4-5,8-10,13-18,29-32,40H,1-2,6-7,11-12,19-25H2,3H3/t29-,30+,31+,32?,36?/m1/s1. The predicted molar refractivity (Wildman–Crippen MR) is 172 cm³/mol. The van der Waals surface area contributed by atoms with Gasteiger partial charge in [-0.1, -0.05) is 55.3 Å². The molecule has 0 aromatic heterocycles. The first-order valence-electron chi connectivity index (χ1n) is 16.0. The maximum absolute atomic E-state index is 14.7. The highest BCUT2D eigenvalue weighted by Gasteiger charge is 2.74. The topological polar surface area (TPSA) is 99.6 Å². The number of methoxy groups -OCH3 is 1. The number of unbranched alkanes of at least 4 members (excludes halogenated alkanes) is 3. The summed E-state index contributed by atoms with van der Waals surface area (Å²) in [5, 5.41) is 9.23. The Hall–Kier alpha value is -3.95. The van der Waals surface area contributed by atoms with E-state index >= 15 is 0 Å². The number of anilines is 1. The lowest BCUT2D eigenvalue weighted by Crippen LogP contribution is -2.56. The van der Waals surface area contributed by atoms with Crippen LogP contribution in [0.1, 0.15) is 44.1 Å². The van der Waals surface area contributed by atoms with Gasteiger partial charge in [0.25, 0.3) is 5.91 Å². The average molecular weight is 616 g/mol. The van der Waals surface area contributed by atoms with Crippen LogP contribution in [0.3, 0.4) is 0 Å². The number of carbonyl (C=O) groups excluding carboxylic acids is 3. The maximum atomic E-state index is 14.7. The molecule has 45 heavy (non-hydrogen) atoms. The minimum Gasteiger partial charge on any atom is -0.497 e. The van der Waals surface area contributed by atoms with E-state index in [9.17, 15) is 19.5 Å². The molecule has 2 aromatic carbocycles. The Balaban J connectivity index is 1.49. The number of hydrogen-bond donors (Lipinski definition) is 1. The molecular weight excluding hydrogens is 570 g/mol. The quantitative estimate of drug-likeness (QED) is 0.223. The van der Waals surface area contributed by atoms with Gasteiger partial charge in [0, 0.05) is 38.5 Å². The number of hydrogen-bond acceptors (Lipinski definition) is 6. The molecule has 0 aliphatic carbocycles. The van der Waals surface area contributed by atoms with Crippen LogP contribution in [0.4, 0.5) is 5.69 Å². The Morgan fingerprint density at radius 3 is 2.40 bits per heavy atom. The maximum Gasteiger partial charge on any atom is 0.253 e. The van der Waals surface area contributed by atoms with Gasteiger partial charge in [-0.3, -0.25) is 14.4 Å². The third-order valence-electron chi connectivity index (χ3n) is 9.47. The summed E-state index contributed by atoms with van der Waals surface area (Å²) in [7, 11) is 1.59. The van der Waals surface area contributed by atoms with E-state index in [1.54, 1.807) is 46.1 Å². The number of nitrogens with zero attached hydrogens (tertiary/aromatic N) is 3. The van der Waals surface area contributed by atoms with E-state index < -0.39 is 29.6 Å². The van der Waals surface area contributed by atoms with Gasteiger partial charge in [0.05, 0.1) is 25.0 Å². The van der Waals surface area contributed by atoms with Crippen LogP contribution >= 0.6 is 0 Å². The Labute approximate surface area is 266 Å². The molecule has 0 saturated carbocycles. The number of benzene rings is 2. The summed E-state index contributed by atoms with van der Waals surface area (Å²) >= 11 is 0. The van der Waals surface area contributed by atoms with Crippen LogP contribution in [0.25, 0.3) is 0 Å². The molecule has 3 amide bonds. The summed E-state index contributed by atoms with van der Waals surface area (Å²) in [5.74, 6) is -1.34. The van der Waals surface area contributed by atoms with Crippen molar-refractivity contribution in [2.45, 2.75) is 62.8 Å². The Bertz CT molecular complexity index is 1360. The number of aliphatic hydroxyl groups excluding tert-OH is 1. The molecule has 3 heterocycles. The highest BCUT2D eigenvalue weighted by molar-refractivity contribution is 6.05. The lowest BCUT2D eigenvalue weighted by Gasteiger charge is -2.37. The second-order valence-electron chi connectivity index (χ2n) is 12.2. The van der Waals surface area contributed by atoms with Crippen molar-refractivity contribution in [2.24, 2.45) is 11.8 Å². The number of amides is 3. The molecule has 9 nitrogen and oxygen atoms in total. The normalized spacial score (nSPS) is 24.8. The largest absolute Gasteiger partial charge is 0.497 e. The van der Waals surface area contributed by atoms with Crippen molar-refractivity contribution in [1.29, 1.82) is 0 Å². The number of fused-ring (bicyclic) bond motifs is 1. The van der Waals surface area contributed by atoms with Gasteiger partial charge in [0.2, 0.25) is 11.8 Å². The summed E-state index contributed by atoms with van der Waals surface area (Å²) < 4.78 is 12.0. The second-order valence-corrected chi connectivity index (χ2v) is 12.2. The number of carbonyl (C=O) groups is 3. The van der Waals surface area contributed by atoms with E-state index in [0.717, 1.165) is 18.4 Å². The fourth-order valence-corrected chi connectivity index (χ4v) is 7.47. The lowest BCUT2D eigenvalue weighted by molar-refractivity contribution is -0.145. The van der Waals surface area contributed by atoms with Gasteiger partial charge >= 0.3 is 0 Å². The summed E-state index contributed by atoms with van der Waals surface area (Å²) in [5.41, 5.74) is 0.556.